The molecule has 0 spiro atoms. The van der Waals surface area contributed by atoms with Gasteiger partial charge in [-0.25, -0.2) is 4.39 Å². The van der Waals surface area contributed by atoms with Gasteiger partial charge in [-0.05, 0) is 35.4 Å². The van der Waals surface area contributed by atoms with Gasteiger partial charge in [-0.3, -0.25) is 4.79 Å². The summed E-state index contributed by atoms with van der Waals surface area (Å²) in [7, 11) is 0. The maximum atomic E-state index is 13.7. The number of hydrogen-bond donors (Lipinski definition) is 1. The van der Waals surface area contributed by atoms with Crippen LogP contribution in [0.4, 0.5) is 10.1 Å². The second-order valence-corrected chi connectivity index (χ2v) is 7.73. The summed E-state index contributed by atoms with van der Waals surface area (Å²) < 4.78 is 19.5. The normalized spacial score (nSPS) is 15.3. The van der Waals surface area contributed by atoms with E-state index in [1.54, 1.807) is 18.2 Å². The Morgan fingerprint density at radius 2 is 1.83 bits per heavy atom. The first-order valence-corrected chi connectivity index (χ1v) is 10.2. The van der Waals surface area contributed by atoms with E-state index >= 15 is 0 Å². The van der Waals surface area contributed by atoms with Gasteiger partial charge in [0.25, 0.3) is 0 Å². The minimum atomic E-state index is -0.340. The molecule has 0 fully saturated rings. The number of fused-ring (bicyclic) bond motifs is 1. The Bertz CT molecular complexity index is 1010. The molecule has 3 aromatic rings. The second-order valence-electron chi connectivity index (χ2n) is 7.30. The van der Waals surface area contributed by atoms with Crippen LogP contribution in [0.2, 0.25) is 5.02 Å². The van der Waals surface area contributed by atoms with E-state index in [0.29, 0.717) is 30.5 Å². The number of benzene rings is 3. The van der Waals surface area contributed by atoms with Gasteiger partial charge in [0.2, 0.25) is 5.91 Å². The fourth-order valence-electron chi connectivity index (χ4n) is 3.57. The lowest BCUT2D eigenvalue weighted by molar-refractivity contribution is -0.121. The fourth-order valence-corrected chi connectivity index (χ4v) is 3.69. The number of amides is 1. The van der Waals surface area contributed by atoms with Gasteiger partial charge >= 0.3 is 0 Å². The van der Waals surface area contributed by atoms with E-state index in [1.807, 2.05) is 42.5 Å². The van der Waals surface area contributed by atoms with Crippen LogP contribution >= 0.6 is 11.6 Å². The van der Waals surface area contributed by atoms with Gasteiger partial charge in [-0.1, -0.05) is 54.1 Å². The zero-order chi connectivity index (χ0) is 20.9. The summed E-state index contributed by atoms with van der Waals surface area (Å²) in [6.45, 7) is 1.36. The maximum absolute atomic E-state index is 13.7. The molecule has 4 rings (SSSR count). The summed E-state index contributed by atoms with van der Waals surface area (Å²) in [5, 5.41) is 3.62. The quantitative estimate of drug-likeness (QED) is 0.608. The SMILES string of the molecule is O=C(C[C@@H]1COc2cc(F)ccc2N1Cc1ccccc1)NCc1ccc(Cl)cc1. The van der Waals surface area contributed by atoms with Crippen molar-refractivity contribution < 1.29 is 13.9 Å². The molecule has 1 aliphatic rings. The number of nitrogens with zero attached hydrogens (tertiary/aromatic N) is 1. The minimum Gasteiger partial charge on any atom is -0.489 e. The summed E-state index contributed by atoms with van der Waals surface area (Å²) >= 11 is 5.91. The zero-order valence-corrected chi connectivity index (χ0v) is 17.1. The Labute approximate surface area is 180 Å². The smallest absolute Gasteiger partial charge is 0.222 e. The van der Waals surface area contributed by atoms with Gasteiger partial charge in [-0.15, -0.1) is 0 Å². The van der Waals surface area contributed by atoms with Crippen molar-refractivity contribution in [2.24, 2.45) is 0 Å². The summed E-state index contributed by atoms with van der Waals surface area (Å²) in [4.78, 5) is 14.8. The first-order chi connectivity index (χ1) is 14.6. The van der Waals surface area contributed by atoms with Gasteiger partial charge in [-0.2, -0.15) is 0 Å². The molecule has 0 saturated carbocycles. The molecule has 1 aliphatic heterocycles. The molecule has 0 aromatic heterocycles. The van der Waals surface area contributed by atoms with E-state index in [4.69, 9.17) is 16.3 Å². The monoisotopic (exact) mass is 424 g/mol. The maximum Gasteiger partial charge on any atom is 0.222 e. The van der Waals surface area contributed by atoms with Gasteiger partial charge in [0.15, 0.2) is 0 Å². The molecule has 0 bridgehead atoms. The van der Waals surface area contributed by atoms with Crippen molar-refractivity contribution in [1.29, 1.82) is 0 Å². The largest absolute Gasteiger partial charge is 0.489 e. The molecule has 1 N–H and O–H groups in total. The number of carbonyl (C=O) groups is 1. The molecule has 0 aliphatic carbocycles. The predicted molar refractivity (Wildman–Crippen MR) is 116 cm³/mol. The van der Waals surface area contributed by atoms with E-state index in [0.717, 1.165) is 16.8 Å². The molecular formula is C24H22ClFN2O2. The number of nitrogens with one attached hydrogen (secondary N) is 1. The highest BCUT2D eigenvalue weighted by Crippen LogP contribution is 2.36. The van der Waals surface area contributed by atoms with Crippen LogP contribution in [0.25, 0.3) is 0 Å². The molecule has 1 heterocycles. The highest BCUT2D eigenvalue weighted by molar-refractivity contribution is 6.30. The van der Waals surface area contributed by atoms with E-state index < -0.39 is 0 Å². The Morgan fingerprint density at radius 3 is 2.60 bits per heavy atom. The van der Waals surface area contributed by atoms with Crippen LogP contribution in [0.5, 0.6) is 5.75 Å². The highest BCUT2D eigenvalue weighted by Gasteiger charge is 2.29. The number of rotatable bonds is 6. The molecule has 0 unspecified atom stereocenters. The summed E-state index contributed by atoms with van der Waals surface area (Å²) in [6.07, 6.45) is 0.275. The lowest BCUT2D eigenvalue weighted by Crippen LogP contribution is -2.45. The fraction of sp³-hybridized carbons (Fsp3) is 0.208. The van der Waals surface area contributed by atoms with Crippen LogP contribution in [-0.2, 0) is 17.9 Å². The third-order valence-corrected chi connectivity index (χ3v) is 5.37. The molecule has 4 nitrogen and oxygen atoms in total. The van der Waals surface area contributed by atoms with E-state index in [2.05, 4.69) is 10.2 Å². The molecule has 1 atom stereocenters. The Balaban J connectivity index is 1.48. The molecule has 154 valence electrons. The first-order valence-electron chi connectivity index (χ1n) is 9.82. The van der Waals surface area contributed by atoms with Crippen LogP contribution in [0, 0.1) is 5.82 Å². The topological polar surface area (TPSA) is 41.6 Å². The number of ether oxygens (including phenoxy) is 1. The van der Waals surface area contributed by atoms with Gasteiger partial charge in [0, 0.05) is 24.2 Å². The summed E-state index contributed by atoms with van der Waals surface area (Å²) in [5.41, 5.74) is 2.89. The summed E-state index contributed by atoms with van der Waals surface area (Å²) in [6, 6.07) is 21.8. The van der Waals surface area contributed by atoms with E-state index in [-0.39, 0.29) is 24.2 Å². The molecular weight excluding hydrogens is 403 g/mol. The van der Waals surface area contributed by atoms with Gasteiger partial charge in [0.05, 0.1) is 18.2 Å². The first kappa shape index (κ1) is 20.2. The third kappa shape index (κ3) is 4.92. The molecule has 0 radical (unpaired) electrons. The van der Waals surface area contributed by atoms with Crippen molar-refractivity contribution in [2.75, 3.05) is 11.5 Å². The standard InChI is InChI=1S/C24H22ClFN2O2/c25-19-8-6-17(7-9-19)14-27-24(29)13-21-16-30-23-12-20(26)10-11-22(23)28(21)15-18-4-2-1-3-5-18/h1-12,21H,13-16H2,(H,27,29)/t21-/m1/s1. The lowest BCUT2D eigenvalue weighted by Gasteiger charge is -2.38. The predicted octanol–water partition coefficient (Wildman–Crippen LogP) is 4.95. The third-order valence-electron chi connectivity index (χ3n) is 5.12. The molecule has 3 aromatic carbocycles. The molecule has 0 saturated heterocycles. The van der Waals surface area contributed by atoms with Crippen molar-refractivity contribution in [1.82, 2.24) is 5.32 Å². The molecule has 6 heteroatoms. The molecule has 30 heavy (non-hydrogen) atoms. The highest BCUT2D eigenvalue weighted by atomic mass is 35.5. The van der Waals surface area contributed by atoms with Crippen LogP contribution in [0.3, 0.4) is 0 Å². The average Bonchev–Trinajstić information content (AvgIpc) is 2.75. The minimum absolute atomic E-state index is 0.0674. The van der Waals surface area contributed by atoms with Gasteiger partial charge in [0.1, 0.15) is 18.2 Å². The average molecular weight is 425 g/mol. The van der Waals surface area contributed by atoms with Crippen molar-refractivity contribution in [3.63, 3.8) is 0 Å². The van der Waals surface area contributed by atoms with Crippen molar-refractivity contribution in [3.8, 4) is 5.75 Å². The number of hydrogen-bond acceptors (Lipinski definition) is 3. The number of carbonyl (C=O) groups excluding carboxylic acids is 1. The van der Waals surface area contributed by atoms with Crippen LogP contribution in [0.15, 0.2) is 72.8 Å². The number of anilines is 1. The Morgan fingerprint density at radius 1 is 1.07 bits per heavy atom. The van der Waals surface area contributed by atoms with Crippen molar-refractivity contribution in [2.45, 2.75) is 25.6 Å². The molecule has 1 amide bonds. The summed E-state index contributed by atoms with van der Waals surface area (Å²) in [5.74, 6) is 0.0958. The zero-order valence-electron chi connectivity index (χ0n) is 16.4. The Kier molecular flexibility index (Phi) is 6.19. The second kappa shape index (κ2) is 9.18. The van der Waals surface area contributed by atoms with Crippen LogP contribution in [-0.4, -0.2) is 18.6 Å². The van der Waals surface area contributed by atoms with Gasteiger partial charge < -0.3 is 15.0 Å². The Hall–Kier alpha value is -3.05. The van der Waals surface area contributed by atoms with E-state index in [9.17, 15) is 9.18 Å². The van der Waals surface area contributed by atoms with Crippen LogP contribution in [0.1, 0.15) is 17.5 Å². The van der Waals surface area contributed by atoms with Crippen LogP contribution < -0.4 is 15.0 Å². The van der Waals surface area contributed by atoms with Crippen molar-refractivity contribution >= 4 is 23.2 Å². The lowest BCUT2D eigenvalue weighted by atomic mass is 10.1. The van der Waals surface area contributed by atoms with Crippen molar-refractivity contribution in [3.05, 3.63) is 94.8 Å². The van der Waals surface area contributed by atoms with E-state index in [1.165, 1.54) is 12.1 Å². The number of halogens is 2.